The number of rotatable bonds is 7. The highest BCUT2D eigenvalue weighted by atomic mass is 16.1. The number of hydrogen-bond donors (Lipinski definition) is 2. The van der Waals surface area contributed by atoms with E-state index in [2.05, 4.69) is 17.3 Å². The molecule has 1 aliphatic rings. The van der Waals surface area contributed by atoms with E-state index in [1.54, 1.807) is 0 Å². The SMILES string of the molecule is CCNC(CN(C)CC1CCCCC1)C(N)=O. The molecule has 0 aliphatic heterocycles. The average Bonchev–Trinajstić information content (AvgIpc) is 2.29. The fraction of sp³-hybridized carbons (Fsp3) is 0.923. The van der Waals surface area contributed by atoms with E-state index < -0.39 is 0 Å². The lowest BCUT2D eigenvalue weighted by Gasteiger charge is -2.29. The van der Waals surface area contributed by atoms with Gasteiger partial charge in [0, 0.05) is 13.1 Å². The first-order valence-corrected chi connectivity index (χ1v) is 6.84. The van der Waals surface area contributed by atoms with Crippen LogP contribution in [-0.4, -0.2) is 43.5 Å². The van der Waals surface area contributed by atoms with Gasteiger partial charge in [-0.15, -0.1) is 0 Å². The molecule has 17 heavy (non-hydrogen) atoms. The highest BCUT2D eigenvalue weighted by Crippen LogP contribution is 2.23. The van der Waals surface area contributed by atoms with Crippen LogP contribution in [0.1, 0.15) is 39.0 Å². The number of primary amides is 1. The second-order valence-electron chi connectivity index (χ2n) is 5.24. The number of likely N-dealkylation sites (N-methyl/N-ethyl adjacent to an activating group) is 2. The van der Waals surface area contributed by atoms with Crippen LogP contribution in [0.3, 0.4) is 0 Å². The molecule has 1 saturated carbocycles. The average molecular weight is 241 g/mol. The van der Waals surface area contributed by atoms with Crippen LogP contribution in [-0.2, 0) is 4.79 Å². The van der Waals surface area contributed by atoms with Gasteiger partial charge in [-0.2, -0.15) is 0 Å². The molecule has 100 valence electrons. The van der Waals surface area contributed by atoms with Crippen LogP contribution in [0.4, 0.5) is 0 Å². The molecule has 0 heterocycles. The normalized spacial score (nSPS) is 19.5. The Hall–Kier alpha value is -0.610. The Labute approximate surface area is 105 Å². The van der Waals surface area contributed by atoms with Crippen molar-refractivity contribution < 1.29 is 4.79 Å². The van der Waals surface area contributed by atoms with Crippen LogP contribution in [0.2, 0.25) is 0 Å². The third kappa shape index (κ3) is 5.50. The van der Waals surface area contributed by atoms with Gasteiger partial charge in [0.15, 0.2) is 0 Å². The zero-order chi connectivity index (χ0) is 12.7. The third-order valence-electron chi connectivity index (χ3n) is 3.58. The summed E-state index contributed by atoms with van der Waals surface area (Å²) in [6, 6.07) is -0.214. The molecule has 4 nitrogen and oxygen atoms in total. The minimum atomic E-state index is -0.248. The summed E-state index contributed by atoms with van der Waals surface area (Å²) < 4.78 is 0. The number of amides is 1. The van der Waals surface area contributed by atoms with Crippen LogP contribution < -0.4 is 11.1 Å². The van der Waals surface area contributed by atoms with Crippen molar-refractivity contribution >= 4 is 5.91 Å². The van der Waals surface area contributed by atoms with E-state index in [-0.39, 0.29) is 11.9 Å². The smallest absolute Gasteiger partial charge is 0.235 e. The zero-order valence-electron chi connectivity index (χ0n) is 11.2. The van der Waals surface area contributed by atoms with E-state index >= 15 is 0 Å². The highest BCUT2D eigenvalue weighted by Gasteiger charge is 2.19. The zero-order valence-corrected chi connectivity index (χ0v) is 11.2. The van der Waals surface area contributed by atoms with Crippen molar-refractivity contribution in [3.63, 3.8) is 0 Å². The maximum atomic E-state index is 11.3. The van der Waals surface area contributed by atoms with Gasteiger partial charge in [0.1, 0.15) is 0 Å². The van der Waals surface area contributed by atoms with Gasteiger partial charge in [-0.1, -0.05) is 26.2 Å². The fourth-order valence-corrected chi connectivity index (χ4v) is 2.70. The molecule has 0 spiro atoms. The van der Waals surface area contributed by atoms with E-state index in [4.69, 9.17) is 5.73 Å². The van der Waals surface area contributed by atoms with E-state index in [0.717, 1.165) is 25.6 Å². The molecule has 0 aromatic carbocycles. The molecule has 0 bridgehead atoms. The van der Waals surface area contributed by atoms with Crippen LogP contribution in [0, 0.1) is 5.92 Å². The number of carbonyl (C=O) groups is 1. The molecule has 1 atom stereocenters. The second kappa shape index (κ2) is 7.67. The lowest BCUT2D eigenvalue weighted by molar-refractivity contribution is -0.120. The molecule has 1 fully saturated rings. The van der Waals surface area contributed by atoms with E-state index in [1.807, 2.05) is 6.92 Å². The Kier molecular flexibility index (Phi) is 6.52. The number of nitrogens with zero attached hydrogens (tertiary/aromatic N) is 1. The lowest BCUT2D eigenvalue weighted by atomic mass is 9.89. The molecule has 1 rings (SSSR count). The Morgan fingerprint density at radius 3 is 2.59 bits per heavy atom. The fourth-order valence-electron chi connectivity index (χ4n) is 2.70. The Morgan fingerprint density at radius 2 is 2.06 bits per heavy atom. The van der Waals surface area contributed by atoms with Gasteiger partial charge in [-0.25, -0.2) is 0 Å². The first-order valence-electron chi connectivity index (χ1n) is 6.84. The Bertz CT molecular complexity index is 227. The number of hydrogen-bond acceptors (Lipinski definition) is 3. The maximum Gasteiger partial charge on any atom is 0.235 e. The van der Waals surface area contributed by atoms with Crippen molar-refractivity contribution in [2.45, 2.75) is 45.1 Å². The summed E-state index contributed by atoms with van der Waals surface area (Å²) in [5.41, 5.74) is 5.38. The van der Waals surface area contributed by atoms with Crippen LogP contribution in [0.5, 0.6) is 0 Å². The monoisotopic (exact) mass is 241 g/mol. The molecule has 0 radical (unpaired) electrons. The number of nitrogens with two attached hydrogens (primary N) is 1. The van der Waals surface area contributed by atoms with Crippen LogP contribution >= 0.6 is 0 Å². The van der Waals surface area contributed by atoms with Gasteiger partial charge in [-0.3, -0.25) is 4.79 Å². The first-order chi connectivity index (χ1) is 8.13. The van der Waals surface area contributed by atoms with Gasteiger partial charge < -0.3 is 16.0 Å². The van der Waals surface area contributed by atoms with Gasteiger partial charge in [-0.05, 0) is 32.4 Å². The van der Waals surface area contributed by atoms with Gasteiger partial charge in [0.05, 0.1) is 6.04 Å². The van der Waals surface area contributed by atoms with Crippen LogP contribution in [0.25, 0.3) is 0 Å². The number of carbonyl (C=O) groups excluding carboxylic acids is 1. The van der Waals surface area contributed by atoms with E-state index in [0.29, 0.717) is 0 Å². The van der Waals surface area contributed by atoms with E-state index in [1.165, 1.54) is 32.1 Å². The molecule has 3 N–H and O–H groups in total. The summed E-state index contributed by atoms with van der Waals surface area (Å²) in [6.07, 6.45) is 6.80. The lowest BCUT2D eigenvalue weighted by Crippen LogP contribution is -2.49. The predicted molar refractivity (Wildman–Crippen MR) is 70.7 cm³/mol. The first kappa shape index (κ1) is 14.5. The minimum absolute atomic E-state index is 0.214. The summed E-state index contributed by atoms with van der Waals surface area (Å²) in [6.45, 7) is 4.59. The quantitative estimate of drug-likeness (QED) is 0.698. The Balaban J connectivity index is 2.30. The van der Waals surface area contributed by atoms with Crippen molar-refractivity contribution in [2.24, 2.45) is 11.7 Å². The largest absolute Gasteiger partial charge is 0.368 e. The van der Waals surface area contributed by atoms with Gasteiger partial charge in [0.25, 0.3) is 0 Å². The standard InChI is InChI=1S/C13H27N3O/c1-3-15-12(13(14)17)10-16(2)9-11-7-5-4-6-8-11/h11-12,15H,3-10H2,1-2H3,(H2,14,17). The third-order valence-corrected chi connectivity index (χ3v) is 3.58. The van der Waals surface area contributed by atoms with Gasteiger partial charge in [0.2, 0.25) is 5.91 Å². The van der Waals surface area contributed by atoms with Crippen LogP contribution in [0.15, 0.2) is 0 Å². The van der Waals surface area contributed by atoms with Crippen molar-refractivity contribution in [3.8, 4) is 0 Å². The minimum Gasteiger partial charge on any atom is -0.368 e. The molecular formula is C13H27N3O. The topological polar surface area (TPSA) is 58.4 Å². The Morgan fingerprint density at radius 1 is 1.41 bits per heavy atom. The van der Waals surface area contributed by atoms with Gasteiger partial charge >= 0.3 is 0 Å². The van der Waals surface area contributed by atoms with Crippen molar-refractivity contribution in [3.05, 3.63) is 0 Å². The molecule has 1 amide bonds. The molecule has 0 saturated heterocycles. The summed E-state index contributed by atoms with van der Waals surface area (Å²) in [5.74, 6) is 0.561. The summed E-state index contributed by atoms with van der Waals surface area (Å²) in [5, 5.41) is 3.13. The molecule has 4 heteroatoms. The second-order valence-corrected chi connectivity index (χ2v) is 5.24. The highest BCUT2D eigenvalue weighted by molar-refractivity contribution is 5.80. The predicted octanol–water partition coefficient (Wildman–Crippen LogP) is 0.962. The van der Waals surface area contributed by atoms with Crippen molar-refractivity contribution in [1.82, 2.24) is 10.2 Å². The summed E-state index contributed by atoms with van der Waals surface area (Å²) >= 11 is 0. The molecular weight excluding hydrogens is 214 g/mol. The number of nitrogens with one attached hydrogen (secondary N) is 1. The molecule has 0 aromatic heterocycles. The molecule has 1 aliphatic carbocycles. The molecule has 1 unspecified atom stereocenters. The van der Waals surface area contributed by atoms with Crippen molar-refractivity contribution in [2.75, 3.05) is 26.7 Å². The van der Waals surface area contributed by atoms with E-state index in [9.17, 15) is 4.79 Å². The maximum absolute atomic E-state index is 11.3. The summed E-state index contributed by atoms with van der Waals surface area (Å²) in [7, 11) is 2.09. The molecule has 0 aromatic rings. The summed E-state index contributed by atoms with van der Waals surface area (Å²) in [4.78, 5) is 13.5. The van der Waals surface area contributed by atoms with Crippen molar-refractivity contribution in [1.29, 1.82) is 0 Å².